The Hall–Kier alpha value is -2.44. The van der Waals surface area contributed by atoms with Crippen LogP contribution in [0.25, 0.3) is 0 Å². The van der Waals surface area contributed by atoms with Gasteiger partial charge in [-0.3, -0.25) is 4.79 Å². The molecule has 1 N–H and O–H groups in total. The van der Waals surface area contributed by atoms with E-state index in [0.717, 1.165) is 18.4 Å². The van der Waals surface area contributed by atoms with Gasteiger partial charge in [0.1, 0.15) is 0 Å². The monoisotopic (exact) mass is 384 g/mol. The summed E-state index contributed by atoms with van der Waals surface area (Å²) in [6.07, 6.45) is 6.68. The predicted molar refractivity (Wildman–Crippen MR) is 107 cm³/mol. The summed E-state index contributed by atoms with van der Waals surface area (Å²) in [6.45, 7) is 0.302. The van der Waals surface area contributed by atoms with Crippen LogP contribution in [0, 0.1) is 5.92 Å². The second kappa shape index (κ2) is 8.50. The van der Waals surface area contributed by atoms with Gasteiger partial charge in [0.2, 0.25) is 15.9 Å². The largest absolute Gasteiger partial charge is 0.326 e. The number of carbonyl (C=O) groups is 1. The summed E-state index contributed by atoms with van der Waals surface area (Å²) in [4.78, 5) is 12.3. The number of hydrogen-bond donors (Lipinski definition) is 1. The molecule has 5 nitrogen and oxygen atoms in total. The average molecular weight is 385 g/mol. The molecule has 0 heterocycles. The van der Waals surface area contributed by atoms with E-state index in [4.69, 9.17) is 0 Å². The summed E-state index contributed by atoms with van der Waals surface area (Å²) in [7, 11) is -2.03. The highest BCUT2D eigenvalue weighted by Gasteiger charge is 2.21. The second-order valence-corrected chi connectivity index (χ2v) is 8.83. The van der Waals surface area contributed by atoms with Crippen LogP contribution in [0.1, 0.15) is 24.8 Å². The van der Waals surface area contributed by atoms with E-state index in [-0.39, 0.29) is 10.8 Å². The number of hydrogen-bond acceptors (Lipinski definition) is 3. The molecule has 2 aromatic carbocycles. The van der Waals surface area contributed by atoms with Crippen LogP contribution in [0.2, 0.25) is 0 Å². The molecule has 142 valence electrons. The summed E-state index contributed by atoms with van der Waals surface area (Å²) in [5.41, 5.74) is 1.53. The van der Waals surface area contributed by atoms with Crippen LogP contribution < -0.4 is 5.32 Å². The predicted octanol–water partition coefficient (Wildman–Crippen LogP) is 3.80. The molecular formula is C21H24N2O3S. The standard InChI is InChI=1S/C21H24N2O3S/c1-23(16-18-9-3-2-4-10-18)27(25,26)20-13-11-19(12-14-20)22-21(24)15-17-7-5-6-8-17/h2-5,7,9-14,17H,6,8,15-16H2,1H3,(H,22,24). The second-order valence-electron chi connectivity index (χ2n) is 6.79. The minimum absolute atomic E-state index is 0.0525. The first-order valence-corrected chi connectivity index (χ1v) is 10.5. The molecule has 0 saturated heterocycles. The lowest BCUT2D eigenvalue weighted by molar-refractivity contribution is -0.116. The number of sulfonamides is 1. The molecule has 6 heteroatoms. The number of allylic oxidation sites excluding steroid dienone is 2. The molecule has 0 aliphatic heterocycles. The zero-order valence-electron chi connectivity index (χ0n) is 15.3. The number of nitrogens with zero attached hydrogens (tertiary/aromatic N) is 1. The van der Waals surface area contributed by atoms with Crippen molar-refractivity contribution >= 4 is 21.6 Å². The van der Waals surface area contributed by atoms with Gasteiger partial charge in [-0.25, -0.2) is 8.42 Å². The number of amides is 1. The molecule has 1 unspecified atom stereocenters. The zero-order valence-corrected chi connectivity index (χ0v) is 16.2. The van der Waals surface area contributed by atoms with E-state index in [1.165, 1.54) is 16.4 Å². The Balaban J connectivity index is 1.62. The van der Waals surface area contributed by atoms with Gasteiger partial charge in [-0.15, -0.1) is 0 Å². The van der Waals surface area contributed by atoms with Crippen molar-refractivity contribution in [1.29, 1.82) is 0 Å². The molecule has 0 bridgehead atoms. The normalized spacial score (nSPS) is 16.6. The average Bonchev–Trinajstić information content (AvgIpc) is 3.16. The third-order valence-electron chi connectivity index (χ3n) is 4.65. The summed E-state index contributed by atoms with van der Waals surface area (Å²) in [5.74, 6) is 0.250. The maximum Gasteiger partial charge on any atom is 0.243 e. The number of anilines is 1. The first kappa shape index (κ1) is 19.3. The quantitative estimate of drug-likeness (QED) is 0.739. The Kier molecular flexibility index (Phi) is 6.08. The van der Waals surface area contributed by atoms with E-state index >= 15 is 0 Å². The summed E-state index contributed by atoms with van der Waals surface area (Å²) in [5, 5.41) is 2.84. The van der Waals surface area contributed by atoms with Gasteiger partial charge in [0, 0.05) is 25.7 Å². The molecule has 3 rings (SSSR count). The van der Waals surface area contributed by atoms with E-state index in [1.54, 1.807) is 19.2 Å². The Labute approximate surface area is 160 Å². The van der Waals surface area contributed by atoms with Gasteiger partial charge in [-0.2, -0.15) is 4.31 Å². The lowest BCUT2D eigenvalue weighted by atomic mass is 10.1. The minimum Gasteiger partial charge on any atom is -0.326 e. The Morgan fingerprint density at radius 2 is 1.81 bits per heavy atom. The maximum absolute atomic E-state index is 12.7. The lowest BCUT2D eigenvalue weighted by Crippen LogP contribution is -2.26. The summed E-state index contributed by atoms with van der Waals surface area (Å²) in [6, 6.07) is 15.8. The van der Waals surface area contributed by atoms with E-state index in [1.807, 2.05) is 30.3 Å². The zero-order chi connectivity index (χ0) is 19.3. The van der Waals surface area contributed by atoms with Crippen LogP contribution in [0.3, 0.4) is 0 Å². The van der Waals surface area contributed by atoms with Crippen molar-refractivity contribution in [3.63, 3.8) is 0 Å². The Morgan fingerprint density at radius 3 is 2.44 bits per heavy atom. The fourth-order valence-corrected chi connectivity index (χ4v) is 4.29. The SMILES string of the molecule is CN(Cc1ccccc1)S(=O)(=O)c1ccc(NC(=O)CC2C=CCC2)cc1. The van der Waals surface area contributed by atoms with Crippen LogP contribution in [0.4, 0.5) is 5.69 Å². The van der Waals surface area contributed by atoms with Gasteiger partial charge in [0.25, 0.3) is 0 Å². The van der Waals surface area contributed by atoms with Gasteiger partial charge in [0.15, 0.2) is 0 Å². The van der Waals surface area contributed by atoms with Crippen LogP contribution in [-0.4, -0.2) is 25.7 Å². The maximum atomic E-state index is 12.7. The van der Waals surface area contributed by atoms with E-state index in [9.17, 15) is 13.2 Å². The number of carbonyl (C=O) groups excluding carboxylic acids is 1. The van der Waals surface area contributed by atoms with Crippen molar-refractivity contribution in [2.45, 2.75) is 30.7 Å². The van der Waals surface area contributed by atoms with Crippen LogP contribution in [0.15, 0.2) is 71.6 Å². The van der Waals surface area contributed by atoms with Crippen molar-refractivity contribution < 1.29 is 13.2 Å². The fraction of sp³-hybridized carbons (Fsp3) is 0.286. The number of rotatable bonds is 7. The molecule has 27 heavy (non-hydrogen) atoms. The van der Waals surface area contributed by atoms with Gasteiger partial charge in [-0.05, 0) is 48.6 Å². The van der Waals surface area contributed by atoms with Crippen molar-refractivity contribution in [1.82, 2.24) is 4.31 Å². The van der Waals surface area contributed by atoms with Gasteiger partial charge in [-0.1, -0.05) is 42.5 Å². The van der Waals surface area contributed by atoms with Crippen LogP contribution >= 0.6 is 0 Å². The number of nitrogens with one attached hydrogen (secondary N) is 1. The highest BCUT2D eigenvalue weighted by molar-refractivity contribution is 7.89. The lowest BCUT2D eigenvalue weighted by Gasteiger charge is -2.17. The van der Waals surface area contributed by atoms with Gasteiger partial charge >= 0.3 is 0 Å². The third kappa shape index (κ3) is 5.05. The Morgan fingerprint density at radius 1 is 1.11 bits per heavy atom. The molecule has 0 saturated carbocycles. The summed E-state index contributed by atoms with van der Waals surface area (Å²) < 4.78 is 26.8. The molecule has 0 fully saturated rings. The molecule has 0 aromatic heterocycles. The molecule has 0 radical (unpaired) electrons. The first-order chi connectivity index (χ1) is 12.9. The molecule has 1 aliphatic rings. The molecule has 1 amide bonds. The van der Waals surface area contributed by atoms with Crippen molar-refractivity contribution in [3.05, 3.63) is 72.3 Å². The van der Waals surface area contributed by atoms with E-state index in [2.05, 4.69) is 17.5 Å². The summed E-state index contributed by atoms with van der Waals surface area (Å²) >= 11 is 0. The molecule has 2 aromatic rings. The highest BCUT2D eigenvalue weighted by Crippen LogP contribution is 2.22. The topological polar surface area (TPSA) is 66.5 Å². The number of benzene rings is 2. The van der Waals surface area contributed by atoms with Crippen molar-refractivity contribution in [2.24, 2.45) is 5.92 Å². The molecule has 0 spiro atoms. The minimum atomic E-state index is -3.59. The molecular weight excluding hydrogens is 360 g/mol. The third-order valence-corrected chi connectivity index (χ3v) is 6.47. The van der Waals surface area contributed by atoms with Gasteiger partial charge < -0.3 is 5.32 Å². The van der Waals surface area contributed by atoms with E-state index < -0.39 is 10.0 Å². The highest BCUT2D eigenvalue weighted by atomic mass is 32.2. The fourth-order valence-electron chi connectivity index (χ4n) is 3.13. The molecule has 1 aliphatic carbocycles. The van der Waals surface area contributed by atoms with Crippen LogP contribution in [-0.2, 0) is 21.4 Å². The Bertz CT molecular complexity index is 906. The van der Waals surface area contributed by atoms with Crippen molar-refractivity contribution in [3.8, 4) is 0 Å². The first-order valence-electron chi connectivity index (χ1n) is 9.02. The smallest absolute Gasteiger partial charge is 0.243 e. The molecule has 1 atom stereocenters. The van der Waals surface area contributed by atoms with E-state index in [0.29, 0.717) is 24.6 Å². The van der Waals surface area contributed by atoms with Crippen molar-refractivity contribution in [2.75, 3.05) is 12.4 Å². The van der Waals surface area contributed by atoms with Gasteiger partial charge in [0.05, 0.1) is 4.90 Å². The van der Waals surface area contributed by atoms with Crippen LogP contribution in [0.5, 0.6) is 0 Å².